The van der Waals surface area contributed by atoms with Crippen LogP contribution in [0.3, 0.4) is 0 Å². The van der Waals surface area contributed by atoms with E-state index in [4.69, 9.17) is 4.74 Å². The molecule has 2 aromatic heterocycles. The first kappa shape index (κ1) is 25.9. The first-order valence-electron chi connectivity index (χ1n) is 11.5. The lowest BCUT2D eigenvalue weighted by molar-refractivity contribution is -0.136. The molecular formula is C24H27FN6O6. The maximum absolute atomic E-state index is 13.1. The van der Waals surface area contributed by atoms with Crippen molar-refractivity contribution in [2.24, 2.45) is 0 Å². The largest absolute Gasteiger partial charge is 0.501 e. The van der Waals surface area contributed by atoms with Crippen LogP contribution >= 0.6 is 0 Å². The topological polar surface area (TPSA) is 149 Å². The molecule has 1 aliphatic heterocycles. The highest BCUT2D eigenvalue weighted by molar-refractivity contribution is 5.96. The molecule has 1 unspecified atom stereocenters. The van der Waals surface area contributed by atoms with Gasteiger partial charge in [-0.1, -0.05) is 12.1 Å². The number of aromatic hydroxyl groups is 1. The van der Waals surface area contributed by atoms with Crippen LogP contribution in [0.4, 0.5) is 15.8 Å². The minimum absolute atomic E-state index is 0.00324. The molecule has 1 fully saturated rings. The van der Waals surface area contributed by atoms with E-state index in [-0.39, 0.29) is 17.9 Å². The van der Waals surface area contributed by atoms with E-state index in [9.17, 15) is 29.0 Å². The van der Waals surface area contributed by atoms with Crippen molar-refractivity contribution in [2.75, 3.05) is 50.6 Å². The monoisotopic (exact) mass is 514 g/mol. The molecule has 0 radical (unpaired) electrons. The number of hydrogen-bond acceptors (Lipinski definition) is 9. The fourth-order valence-electron chi connectivity index (χ4n) is 3.80. The minimum atomic E-state index is -1.67. The number of aromatic nitrogens is 2. The van der Waals surface area contributed by atoms with Gasteiger partial charge in [-0.15, -0.1) is 0 Å². The zero-order valence-corrected chi connectivity index (χ0v) is 20.3. The van der Waals surface area contributed by atoms with Crippen molar-refractivity contribution in [3.05, 3.63) is 64.0 Å². The summed E-state index contributed by atoms with van der Waals surface area (Å²) in [6.07, 6.45) is -0.207. The number of fused-ring (bicyclic) bond motifs is 1. The minimum Gasteiger partial charge on any atom is -0.501 e. The molecule has 1 saturated heterocycles. The van der Waals surface area contributed by atoms with E-state index >= 15 is 0 Å². The normalized spacial score (nSPS) is 14.3. The smallest absolute Gasteiger partial charge is 0.301 e. The molecule has 12 nitrogen and oxygen atoms in total. The second-order valence-corrected chi connectivity index (χ2v) is 8.61. The Morgan fingerprint density at radius 3 is 2.54 bits per heavy atom. The molecule has 13 heteroatoms. The Morgan fingerprint density at radius 1 is 1.22 bits per heavy atom. The van der Waals surface area contributed by atoms with E-state index < -0.39 is 40.9 Å². The fraction of sp³-hybridized carbons (Fsp3) is 0.333. The average Bonchev–Trinajstić information content (AvgIpc) is 2.90. The average molecular weight is 515 g/mol. The number of nitrogens with one attached hydrogen (secondary N) is 2. The van der Waals surface area contributed by atoms with Gasteiger partial charge in [-0.25, -0.2) is 9.37 Å². The van der Waals surface area contributed by atoms with E-state index in [1.165, 1.54) is 49.5 Å². The van der Waals surface area contributed by atoms with Crippen LogP contribution in [0.5, 0.6) is 5.75 Å². The summed E-state index contributed by atoms with van der Waals surface area (Å²) in [4.78, 5) is 45.6. The molecule has 3 heterocycles. The Morgan fingerprint density at radius 2 is 1.89 bits per heavy atom. The van der Waals surface area contributed by atoms with Crippen LogP contribution in [0, 0.1) is 5.82 Å². The third kappa shape index (κ3) is 5.62. The van der Waals surface area contributed by atoms with Crippen molar-refractivity contribution >= 4 is 28.8 Å². The molecule has 0 bridgehead atoms. The maximum Gasteiger partial charge on any atom is 0.301 e. The highest BCUT2D eigenvalue weighted by atomic mass is 19.1. The first-order valence-corrected chi connectivity index (χ1v) is 11.5. The van der Waals surface area contributed by atoms with Crippen LogP contribution < -0.4 is 21.1 Å². The van der Waals surface area contributed by atoms with E-state index in [2.05, 4.69) is 15.6 Å². The molecule has 37 heavy (non-hydrogen) atoms. The van der Waals surface area contributed by atoms with Crippen LogP contribution in [-0.4, -0.2) is 82.9 Å². The van der Waals surface area contributed by atoms with E-state index in [1.807, 2.05) is 4.90 Å². The predicted molar refractivity (Wildman–Crippen MR) is 132 cm³/mol. The number of aliphatic hydroxyl groups excluding tert-OH is 1. The number of pyridine rings is 1. The number of morpholine rings is 1. The summed E-state index contributed by atoms with van der Waals surface area (Å²) in [5.41, 5.74) is -0.297. The van der Waals surface area contributed by atoms with Crippen LogP contribution in [-0.2, 0) is 16.1 Å². The molecule has 1 aliphatic rings. The van der Waals surface area contributed by atoms with Crippen molar-refractivity contribution in [1.29, 1.82) is 0 Å². The molecular weight excluding hydrogens is 487 g/mol. The number of benzene rings is 1. The summed E-state index contributed by atoms with van der Waals surface area (Å²) in [6, 6.07) is 7.04. The van der Waals surface area contributed by atoms with Crippen LogP contribution in [0.25, 0.3) is 5.65 Å². The Hall–Kier alpha value is -4.23. The number of likely N-dealkylation sites (N-methyl/N-ethyl adjacent to an activating group) is 1. The summed E-state index contributed by atoms with van der Waals surface area (Å²) in [5, 5.41) is 26.2. The van der Waals surface area contributed by atoms with Crippen molar-refractivity contribution in [3.8, 4) is 5.75 Å². The number of carbonyl (C=O) groups excluding carboxylic acids is 2. The zero-order valence-electron chi connectivity index (χ0n) is 20.3. The Balaban J connectivity index is 1.75. The number of hydrogen-bond donors (Lipinski definition) is 4. The number of aliphatic hydroxyl groups is 1. The second kappa shape index (κ2) is 10.8. The van der Waals surface area contributed by atoms with Crippen molar-refractivity contribution in [1.82, 2.24) is 19.6 Å². The Bertz CT molecular complexity index is 1370. The van der Waals surface area contributed by atoms with Gasteiger partial charge in [0.05, 0.1) is 24.6 Å². The highest BCUT2D eigenvalue weighted by Gasteiger charge is 2.24. The lowest BCUT2D eigenvalue weighted by atomic mass is 10.2. The number of carbonyl (C=O) groups is 2. The molecule has 3 aromatic rings. The van der Waals surface area contributed by atoms with Gasteiger partial charge in [0.25, 0.3) is 11.8 Å². The van der Waals surface area contributed by atoms with Gasteiger partial charge in [0.15, 0.2) is 11.3 Å². The lowest BCUT2D eigenvalue weighted by Gasteiger charge is -2.29. The number of ether oxygens (including phenoxy) is 1. The molecule has 0 spiro atoms. The van der Waals surface area contributed by atoms with Gasteiger partial charge in [0, 0.05) is 39.9 Å². The maximum atomic E-state index is 13.1. The summed E-state index contributed by atoms with van der Waals surface area (Å²) in [6.45, 7) is 1.99. The molecule has 0 saturated carbocycles. The molecule has 1 aromatic carbocycles. The zero-order chi connectivity index (χ0) is 26.7. The third-order valence-electron chi connectivity index (χ3n) is 5.81. The van der Waals surface area contributed by atoms with E-state index in [1.54, 1.807) is 6.07 Å². The second-order valence-electron chi connectivity index (χ2n) is 8.61. The SMILES string of the molecule is CN(C)C(=O)C(O)Nc1cc(N2CCOCC2)cn2c(=O)c(O)c(C(=O)NCc3ccc(F)cc3)nc12. The number of nitrogens with zero attached hydrogens (tertiary/aromatic N) is 4. The number of amides is 2. The number of anilines is 2. The molecule has 196 valence electrons. The lowest BCUT2D eigenvalue weighted by Crippen LogP contribution is -2.39. The third-order valence-corrected chi connectivity index (χ3v) is 5.81. The fourth-order valence-corrected chi connectivity index (χ4v) is 3.80. The molecule has 2 amide bonds. The summed E-state index contributed by atoms with van der Waals surface area (Å²) in [5.74, 6) is -2.78. The van der Waals surface area contributed by atoms with Gasteiger partial charge in [0.2, 0.25) is 12.0 Å². The molecule has 1 atom stereocenters. The number of halogens is 1. The summed E-state index contributed by atoms with van der Waals surface area (Å²) < 4.78 is 19.6. The predicted octanol–water partition coefficient (Wildman–Crippen LogP) is 0.124. The van der Waals surface area contributed by atoms with Crippen molar-refractivity contribution in [3.63, 3.8) is 0 Å². The Labute approximate surface area is 210 Å². The van der Waals surface area contributed by atoms with Crippen LogP contribution in [0.15, 0.2) is 41.3 Å². The Kier molecular flexibility index (Phi) is 7.55. The standard InChI is InChI=1S/C24H27FN6O6/c1-29(2)24(36)22(34)27-17-11-16(30-7-9-37-10-8-30)13-31-20(17)28-18(19(32)23(31)35)21(33)26-12-14-3-5-15(25)6-4-14/h3-6,11,13,22,27,32,34H,7-10,12H2,1-2H3,(H,26,33). The van der Waals surface area contributed by atoms with Gasteiger partial charge in [-0.05, 0) is 23.8 Å². The van der Waals surface area contributed by atoms with E-state index in [0.29, 0.717) is 37.6 Å². The molecule has 0 aliphatic carbocycles. The van der Waals surface area contributed by atoms with Crippen molar-refractivity contribution in [2.45, 2.75) is 12.8 Å². The highest BCUT2D eigenvalue weighted by Crippen LogP contribution is 2.26. The van der Waals surface area contributed by atoms with Gasteiger partial charge < -0.3 is 35.4 Å². The van der Waals surface area contributed by atoms with Crippen LogP contribution in [0.2, 0.25) is 0 Å². The summed E-state index contributed by atoms with van der Waals surface area (Å²) in [7, 11) is 2.94. The first-order chi connectivity index (χ1) is 17.7. The van der Waals surface area contributed by atoms with Crippen molar-refractivity contribution < 1.29 is 28.9 Å². The quantitative estimate of drug-likeness (QED) is 0.323. The van der Waals surface area contributed by atoms with Gasteiger partial charge in [-0.2, -0.15) is 0 Å². The molecule has 4 N–H and O–H groups in total. The molecule has 4 rings (SSSR count). The van der Waals surface area contributed by atoms with Gasteiger partial charge in [-0.3, -0.25) is 18.8 Å². The summed E-state index contributed by atoms with van der Waals surface area (Å²) >= 11 is 0. The van der Waals surface area contributed by atoms with Gasteiger partial charge in [0.1, 0.15) is 5.82 Å². The number of rotatable bonds is 7. The van der Waals surface area contributed by atoms with Crippen LogP contribution in [0.1, 0.15) is 16.1 Å². The van der Waals surface area contributed by atoms with Gasteiger partial charge >= 0.3 is 5.56 Å². The van der Waals surface area contributed by atoms with E-state index in [0.717, 1.165) is 4.40 Å².